The molecule has 0 saturated carbocycles. The van der Waals surface area contributed by atoms with Gasteiger partial charge in [-0.05, 0) is 43.9 Å². The summed E-state index contributed by atoms with van der Waals surface area (Å²) in [7, 11) is 0. The lowest BCUT2D eigenvalue weighted by molar-refractivity contribution is 0.0978. The first-order valence-electron chi connectivity index (χ1n) is 11.1. The molecule has 5 rings (SSSR count). The van der Waals surface area contributed by atoms with E-state index in [0.29, 0.717) is 33.3 Å². The van der Waals surface area contributed by atoms with Gasteiger partial charge in [-0.15, -0.1) is 0 Å². The highest BCUT2D eigenvalue weighted by molar-refractivity contribution is 14.1. The van der Waals surface area contributed by atoms with E-state index in [-0.39, 0.29) is 5.91 Å². The van der Waals surface area contributed by atoms with E-state index in [9.17, 15) is 4.79 Å². The summed E-state index contributed by atoms with van der Waals surface area (Å²) in [5, 5.41) is 0.506. The van der Waals surface area contributed by atoms with Gasteiger partial charge in [0.2, 0.25) is 5.95 Å². The van der Waals surface area contributed by atoms with E-state index in [1.807, 2.05) is 26.1 Å². The average molecular weight is 575 g/mol. The average Bonchev–Trinajstić information content (AvgIpc) is 2.80. The van der Waals surface area contributed by atoms with Crippen LogP contribution in [0.5, 0.6) is 0 Å². The Morgan fingerprint density at radius 3 is 2.55 bits per heavy atom. The maximum atomic E-state index is 13.3. The SMILES string of the molecule is Cc1cnc(-c2cc(N3CCc4nc(N5CCC(I)CC5)ncc4C3=O)ncc2Cl)c(C)c1. The van der Waals surface area contributed by atoms with Crippen molar-refractivity contribution in [1.82, 2.24) is 19.9 Å². The van der Waals surface area contributed by atoms with Crippen LogP contribution in [-0.2, 0) is 6.42 Å². The predicted molar refractivity (Wildman–Crippen MR) is 139 cm³/mol. The van der Waals surface area contributed by atoms with Crippen molar-refractivity contribution in [3.05, 3.63) is 58.1 Å². The Kier molecular flexibility index (Phi) is 6.22. The second-order valence-electron chi connectivity index (χ2n) is 8.60. The van der Waals surface area contributed by atoms with Gasteiger partial charge < -0.3 is 4.90 Å². The minimum atomic E-state index is -0.136. The molecule has 7 nitrogen and oxygen atoms in total. The molecule has 3 aromatic rings. The summed E-state index contributed by atoms with van der Waals surface area (Å²) in [6, 6.07) is 3.91. The van der Waals surface area contributed by atoms with Crippen molar-refractivity contribution in [3.63, 3.8) is 0 Å². The van der Waals surface area contributed by atoms with Crippen LogP contribution in [0.3, 0.4) is 0 Å². The summed E-state index contributed by atoms with van der Waals surface area (Å²) in [4.78, 5) is 35.5. The smallest absolute Gasteiger partial charge is 0.262 e. The standard InChI is InChI=1S/C24H24ClIN6O/c1-14-9-15(2)22(28-11-14)17-10-21(27-13-19(17)25)32-8-5-20-18(23(32)33)12-29-24(30-20)31-6-3-16(26)4-7-31/h9-13,16H,3-8H2,1-2H3. The minimum absolute atomic E-state index is 0.136. The Bertz CT molecular complexity index is 1230. The molecule has 0 aromatic carbocycles. The highest BCUT2D eigenvalue weighted by atomic mass is 127. The fourth-order valence-electron chi connectivity index (χ4n) is 4.41. The topological polar surface area (TPSA) is 75.1 Å². The van der Waals surface area contributed by atoms with Crippen LogP contribution in [0.2, 0.25) is 5.02 Å². The number of rotatable bonds is 3. The molecule has 33 heavy (non-hydrogen) atoms. The Hall–Kier alpha value is -2.33. The Morgan fingerprint density at radius 1 is 1.00 bits per heavy atom. The monoisotopic (exact) mass is 574 g/mol. The van der Waals surface area contributed by atoms with Gasteiger partial charge in [-0.25, -0.2) is 15.0 Å². The number of hydrogen-bond acceptors (Lipinski definition) is 6. The summed E-state index contributed by atoms with van der Waals surface area (Å²) >= 11 is 8.97. The number of carbonyl (C=O) groups is 1. The molecule has 0 bridgehead atoms. The molecule has 2 aliphatic rings. The first-order valence-corrected chi connectivity index (χ1v) is 12.7. The van der Waals surface area contributed by atoms with E-state index in [4.69, 9.17) is 16.6 Å². The summed E-state index contributed by atoms with van der Waals surface area (Å²) in [6.45, 7) is 6.43. The highest BCUT2D eigenvalue weighted by Crippen LogP contribution is 2.33. The number of piperidine rings is 1. The van der Waals surface area contributed by atoms with Crippen molar-refractivity contribution < 1.29 is 4.79 Å². The van der Waals surface area contributed by atoms with E-state index >= 15 is 0 Å². The number of fused-ring (bicyclic) bond motifs is 1. The lowest BCUT2D eigenvalue weighted by Crippen LogP contribution is -2.40. The zero-order valence-corrected chi connectivity index (χ0v) is 21.5. The Balaban J connectivity index is 1.43. The molecule has 170 valence electrons. The number of aryl methyl sites for hydroxylation is 2. The van der Waals surface area contributed by atoms with Gasteiger partial charge in [-0.1, -0.05) is 40.3 Å². The molecule has 1 saturated heterocycles. The molecule has 0 radical (unpaired) electrons. The lowest BCUT2D eigenvalue weighted by atomic mass is 10.0. The zero-order chi connectivity index (χ0) is 23.1. The normalized spacial score (nSPS) is 16.8. The molecular formula is C24H24ClIN6O. The molecule has 0 unspecified atom stereocenters. The molecule has 5 heterocycles. The van der Waals surface area contributed by atoms with E-state index < -0.39 is 0 Å². The summed E-state index contributed by atoms with van der Waals surface area (Å²) in [5.41, 5.74) is 5.02. The minimum Gasteiger partial charge on any atom is -0.341 e. The molecular weight excluding hydrogens is 551 g/mol. The van der Waals surface area contributed by atoms with Crippen LogP contribution in [-0.4, -0.2) is 49.4 Å². The highest BCUT2D eigenvalue weighted by Gasteiger charge is 2.30. The van der Waals surface area contributed by atoms with Gasteiger partial charge in [0.25, 0.3) is 5.91 Å². The zero-order valence-electron chi connectivity index (χ0n) is 18.6. The Morgan fingerprint density at radius 2 is 1.79 bits per heavy atom. The number of carbonyl (C=O) groups excluding carboxylic acids is 1. The van der Waals surface area contributed by atoms with Gasteiger partial charge in [0, 0.05) is 54.1 Å². The molecule has 0 spiro atoms. The van der Waals surface area contributed by atoms with Crippen molar-refractivity contribution in [3.8, 4) is 11.3 Å². The third kappa shape index (κ3) is 4.42. The van der Waals surface area contributed by atoms with Crippen molar-refractivity contribution in [1.29, 1.82) is 0 Å². The first kappa shape index (κ1) is 22.5. The van der Waals surface area contributed by atoms with Gasteiger partial charge in [0.1, 0.15) is 5.82 Å². The first-order chi connectivity index (χ1) is 15.9. The van der Waals surface area contributed by atoms with Crippen LogP contribution in [0.1, 0.15) is 40.0 Å². The van der Waals surface area contributed by atoms with E-state index in [2.05, 4.69) is 48.5 Å². The second-order valence-corrected chi connectivity index (χ2v) is 10.8. The Labute approximate surface area is 211 Å². The van der Waals surface area contributed by atoms with Gasteiger partial charge in [-0.3, -0.25) is 14.7 Å². The number of aromatic nitrogens is 4. The molecule has 1 fully saturated rings. The molecule has 1 amide bonds. The maximum absolute atomic E-state index is 13.3. The van der Waals surface area contributed by atoms with Crippen LogP contribution in [0.25, 0.3) is 11.3 Å². The molecule has 2 aliphatic heterocycles. The fourth-order valence-corrected chi connectivity index (χ4v) is 5.16. The molecule has 0 aliphatic carbocycles. The van der Waals surface area contributed by atoms with Crippen LogP contribution in [0.15, 0.2) is 30.7 Å². The second kappa shape index (κ2) is 9.13. The van der Waals surface area contributed by atoms with E-state index in [1.54, 1.807) is 17.3 Å². The molecule has 0 N–H and O–H groups in total. The third-order valence-electron chi connectivity index (χ3n) is 6.20. The van der Waals surface area contributed by atoms with Crippen molar-refractivity contribution in [2.24, 2.45) is 0 Å². The number of pyridine rings is 2. The quantitative estimate of drug-likeness (QED) is 0.330. The number of nitrogens with zero attached hydrogens (tertiary/aromatic N) is 6. The number of halogens is 2. The van der Waals surface area contributed by atoms with Crippen molar-refractivity contribution in [2.45, 2.75) is 37.0 Å². The van der Waals surface area contributed by atoms with Crippen molar-refractivity contribution >= 4 is 51.9 Å². The number of alkyl halides is 1. The third-order valence-corrected chi connectivity index (χ3v) is 7.74. The van der Waals surface area contributed by atoms with Crippen LogP contribution < -0.4 is 9.80 Å². The number of anilines is 2. The molecule has 3 aromatic heterocycles. The maximum Gasteiger partial charge on any atom is 0.262 e. The van der Waals surface area contributed by atoms with Gasteiger partial charge in [-0.2, -0.15) is 0 Å². The summed E-state index contributed by atoms with van der Waals surface area (Å²) < 4.78 is 0.710. The molecule has 0 atom stereocenters. The van der Waals surface area contributed by atoms with Gasteiger partial charge in [0.05, 0.1) is 22.0 Å². The lowest BCUT2D eigenvalue weighted by Gasteiger charge is -2.31. The predicted octanol–water partition coefficient (Wildman–Crippen LogP) is 4.81. The van der Waals surface area contributed by atoms with E-state index in [0.717, 1.165) is 60.0 Å². The number of hydrogen-bond donors (Lipinski definition) is 0. The summed E-state index contributed by atoms with van der Waals surface area (Å²) in [6.07, 6.45) is 8.00. The summed E-state index contributed by atoms with van der Waals surface area (Å²) in [5.74, 6) is 1.15. The number of amides is 1. The van der Waals surface area contributed by atoms with Crippen LogP contribution >= 0.6 is 34.2 Å². The fraction of sp³-hybridized carbons (Fsp3) is 0.375. The van der Waals surface area contributed by atoms with Gasteiger partial charge in [0.15, 0.2) is 0 Å². The molecule has 9 heteroatoms. The van der Waals surface area contributed by atoms with E-state index in [1.165, 1.54) is 0 Å². The largest absolute Gasteiger partial charge is 0.341 e. The van der Waals surface area contributed by atoms with Crippen LogP contribution in [0.4, 0.5) is 11.8 Å². The van der Waals surface area contributed by atoms with Gasteiger partial charge >= 0.3 is 0 Å². The van der Waals surface area contributed by atoms with Crippen LogP contribution in [0, 0.1) is 13.8 Å². The van der Waals surface area contributed by atoms with Crippen molar-refractivity contribution in [2.75, 3.05) is 29.4 Å².